The van der Waals surface area contributed by atoms with Crippen LogP contribution in [0.1, 0.15) is 16.7 Å². The minimum Gasteiger partial charge on any atom is -0.406 e. The molecule has 1 aromatic heterocycles. The van der Waals surface area contributed by atoms with Crippen molar-refractivity contribution in [1.82, 2.24) is 9.55 Å². The lowest BCUT2D eigenvalue weighted by atomic mass is 10.1. The molecule has 0 atom stereocenters. The molecule has 1 saturated heterocycles. The number of halogens is 3. The van der Waals surface area contributed by atoms with Gasteiger partial charge in [-0.3, -0.25) is 14.5 Å². The number of para-hydroxylation sites is 1. The van der Waals surface area contributed by atoms with E-state index in [0.29, 0.717) is 5.69 Å². The van der Waals surface area contributed by atoms with Crippen molar-refractivity contribution < 1.29 is 17.9 Å². The molecule has 1 aliphatic rings. The lowest BCUT2D eigenvalue weighted by Crippen LogP contribution is -2.30. The highest BCUT2D eigenvalue weighted by atomic mass is 32.2. The van der Waals surface area contributed by atoms with Gasteiger partial charge in [0.05, 0.1) is 28.7 Å². The van der Waals surface area contributed by atoms with E-state index in [-0.39, 0.29) is 5.75 Å². The van der Waals surface area contributed by atoms with Crippen molar-refractivity contribution in [3.05, 3.63) is 95.8 Å². The second-order valence-electron chi connectivity index (χ2n) is 9.70. The summed E-state index contributed by atoms with van der Waals surface area (Å²) in [7, 11) is 1.79. The van der Waals surface area contributed by atoms with Crippen molar-refractivity contribution >= 4 is 56.5 Å². The topological polar surface area (TPSA) is 67.4 Å². The first-order chi connectivity index (χ1) is 20.2. The molecule has 6 rings (SSSR count). The van der Waals surface area contributed by atoms with E-state index in [0.717, 1.165) is 60.9 Å². The van der Waals surface area contributed by atoms with Crippen molar-refractivity contribution in [3.63, 3.8) is 0 Å². The van der Waals surface area contributed by atoms with Gasteiger partial charge in [0.25, 0.3) is 0 Å². The number of anilines is 1. The van der Waals surface area contributed by atoms with Crippen LogP contribution in [0.2, 0.25) is 0 Å². The molecule has 4 aromatic carbocycles. The predicted octanol–water partition coefficient (Wildman–Crippen LogP) is 7.67. The van der Waals surface area contributed by atoms with E-state index >= 15 is 0 Å². The van der Waals surface area contributed by atoms with Crippen LogP contribution >= 0.6 is 11.8 Å². The van der Waals surface area contributed by atoms with Gasteiger partial charge < -0.3 is 4.74 Å². The number of thioether (sulfide) groups is 1. The molecule has 5 aromatic rings. The van der Waals surface area contributed by atoms with E-state index in [2.05, 4.69) is 55.8 Å². The molecule has 1 fully saturated rings. The van der Waals surface area contributed by atoms with E-state index in [1.807, 2.05) is 41.0 Å². The standard InChI is InChI=1S/C31H25F3N6OS/c1-19-5-4-6-20(2)29(19)40-27(35-3)17-42-30(40)38-37-16-21-7-13-25-22(15-21)8-14-26-28(25)36-18-39(26)23-9-11-24(12-10-23)41-31(32,33)34/h4-16,18H,17H2,1-3H3. The van der Waals surface area contributed by atoms with Gasteiger partial charge in [0.1, 0.15) is 17.9 Å². The van der Waals surface area contributed by atoms with E-state index in [9.17, 15) is 13.2 Å². The fourth-order valence-electron chi connectivity index (χ4n) is 5.06. The number of nitrogens with zero attached hydrogens (tertiary/aromatic N) is 6. The van der Waals surface area contributed by atoms with Gasteiger partial charge in [0.15, 0.2) is 5.17 Å². The van der Waals surface area contributed by atoms with Gasteiger partial charge in [0, 0.05) is 18.1 Å². The lowest BCUT2D eigenvalue weighted by Gasteiger charge is -2.22. The summed E-state index contributed by atoms with van der Waals surface area (Å²) in [6.07, 6.45) is -1.35. The van der Waals surface area contributed by atoms with Gasteiger partial charge in [-0.25, -0.2) is 4.98 Å². The fraction of sp³-hybridized carbons (Fsp3) is 0.161. The largest absolute Gasteiger partial charge is 0.573 e. The molecular formula is C31H25F3N6OS. The molecule has 42 heavy (non-hydrogen) atoms. The molecule has 0 aliphatic carbocycles. The van der Waals surface area contributed by atoms with Crippen molar-refractivity contribution in [3.8, 4) is 11.4 Å². The van der Waals surface area contributed by atoms with Crippen LogP contribution in [0.25, 0.3) is 27.5 Å². The van der Waals surface area contributed by atoms with E-state index in [1.165, 1.54) is 12.1 Å². The Labute approximate surface area is 244 Å². The minimum atomic E-state index is -4.73. The quantitative estimate of drug-likeness (QED) is 0.157. The molecule has 0 bridgehead atoms. The highest BCUT2D eigenvalue weighted by Gasteiger charge is 2.31. The number of aliphatic imine (C=N–C) groups is 1. The number of benzene rings is 4. The van der Waals surface area contributed by atoms with Crippen molar-refractivity contribution in [2.75, 3.05) is 17.7 Å². The number of ether oxygens (including phenoxy) is 1. The number of aromatic nitrogens is 2. The molecule has 1 aliphatic heterocycles. The molecule has 0 saturated carbocycles. The Balaban J connectivity index is 1.27. The van der Waals surface area contributed by atoms with Crippen LogP contribution in [-0.2, 0) is 0 Å². The Morgan fingerprint density at radius 3 is 2.45 bits per heavy atom. The second-order valence-corrected chi connectivity index (χ2v) is 10.6. The monoisotopic (exact) mass is 586 g/mol. The van der Waals surface area contributed by atoms with E-state index < -0.39 is 6.36 Å². The van der Waals surface area contributed by atoms with Gasteiger partial charge in [-0.15, -0.1) is 18.3 Å². The van der Waals surface area contributed by atoms with E-state index in [1.54, 1.807) is 43.5 Å². The van der Waals surface area contributed by atoms with Crippen LogP contribution in [-0.4, -0.2) is 45.9 Å². The summed E-state index contributed by atoms with van der Waals surface area (Å²) in [6.45, 7) is 4.16. The molecule has 212 valence electrons. The fourth-order valence-corrected chi connectivity index (χ4v) is 6.00. The third kappa shape index (κ3) is 5.35. The maximum Gasteiger partial charge on any atom is 0.573 e. The first-order valence-electron chi connectivity index (χ1n) is 13.0. The van der Waals surface area contributed by atoms with Crippen LogP contribution in [0, 0.1) is 13.8 Å². The predicted molar refractivity (Wildman–Crippen MR) is 164 cm³/mol. The highest BCUT2D eigenvalue weighted by Crippen LogP contribution is 2.33. The summed E-state index contributed by atoms with van der Waals surface area (Å²) in [5.41, 5.74) is 6.54. The van der Waals surface area contributed by atoms with Gasteiger partial charge in [-0.05, 0) is 72.3 Å². The second kappa shape index (κ2) is 11.0. The Bertz CT molecular complexity index is 1870. The summed E-state index contributed by atoms with van der Waals surface area (Å²) < 4.78 is 43.3. The van der Waals surface area contributed by atoms with E-state index in [4.69, 9.17) is 0 Å². The zero-order valence-corrected chi connectivity index (χ0v) is 23.7. The Hall–Kier alpha value is -4.64. The number of hydrogen-bond donors (Lipinski definition) is 0. The summed E-state index contributed by atoms with van der Waals surface area (Å²) >= 11 is 1.60. The SMILES string of the molecule is CN=C1CSC(=NN=Cc2ccc3c(ccc4c3ncn4-c3ccc(OC(F)(F)F)cc3)c2)N1c1c(C)cccc1C. The molecule has 0 spiro atoms. The van der Waals surface area contributed by atoms with Crippen LogP contribution in [0.4, 0.5) is 18.9 Å². The average Bonchev–Trinajstić information content (AvgIpc) is 3.57. The molecule has 0 N–H and O–H groups in total. The third-order valence-electron chi connectivity index (χ3n) is 6.96. The maximum atomic E-state index is 12.5. The molecule has 2 heterocycles. The molecule has 11 heteroatoms. The Kier molecular flexibility index (Phi) is 7.19. The minimum absolute atomic E-state index is 0.274. The number of alkyl halides is 3. The number of rotatable bonds is 5. The summed E-state index contributed by atoms with van der Waals surface area (Å²) in [5, 5.41) is 11.7. The van der Waals surface area contributed by atoms with Gasteiger partial charge in [-0.2, -0.15) is 5.10 Å². The number of hydrogen-bond acceptors (Lipinski definition) is 6. The first-order valence-corrected chi connectivity index (χ1v) is 14.0. The molecule has 0 unspecified atom stereocenters. The van der Waals surface area contributed by atoms with Crippen molar-refractivity contribution in [2.24, 2.45) is 15.2 Å². The zero-order valence-electron chi connectivity index (χ0n) is 22.9. The van der Waals surface area contributed by atoms with Crippen molar-refractivity contribution in [1.29, 1.82) is 0 Å². The molecule has 0 amide bonds. The van der Waals surface area contributed by atoms with Crippen LogP contribution in [0.5, 0.6) is 5.75 Å². The number of amidine groups is 2. The van der Waals surface area contributed by atoms with Crippen molar-refractivity contribution in [2.45, 2.75) is 20.2 Å². The summed E-state index contributed by atoms with van der Waals surface area (Å²) in [5.74, 6) is 1.39. The normalized spacial score (nSPS) is 16.1. The zero-order chi connectivity index (χ0) is 29.4. The number of imidazole rings is 1. The maximum absolute atomic E-state index is 12.5. The third-order valence-corrected chi connectivity index (χ3v) is 7.88. The molecule has 0 radical (unpaired) electrons. The number of aryl methyl sites for hydroxylation is 2. The smallest absolute Gasteiger partial charge is 0.406 e. The lowest BCUT2D eigenvalue weighted by molar-refractivity contribution is -0.274. The van der Waals surface area contributed by atoms with Crippen LogP contribution < -0.4 is 9.64 Å². The van der Waals surface area contributed by atoms with Gasteiger partial charge in [-0.1, -0.05) is 48.2 Å². The Morgan fingerprint density at radius 2 is 1.74 bits per heavy atom. The Morgan fingerprint density at radius 1 is 0.976 bits per heavy atom. The highest BCUT2D eigenvalue weighted by molar-refractivity contribution is 8.15. The molecular weight excluding hydrogens is 561 g/mol. The van der Waals surface area contributed by atoms with Crippen LogP contribution in [0.3, 0.4) is 0 Å². The van der Waals surface area contributed by atoms with Crippen LogP contribution in [0.15, 0.2) is 94.3 Å². The summed E-state index contributed by atoms with van der Waals surface area (Å²) in [4.78, 5) is 11.1. The number of fused-ring (bicyclic) bond motifs is 3. The molecule has 7 nitrogen and oxygen atoms in total. The van der Waals surface area contributed by atoms with Gasteiger partial charge in [0.2, 0.25) is 0 Å². The first kappa shape index (κ1) is 27.5. The van der Waals surface area contributed by atoms with Gasteiger partial charge >= 0.3 is 6.36 Å². The average molecular weight is 587 g/mol. The summed E-state index contributed by atoms with van der Waals surface area (Å²) in [6, 6.07) is 21.8.